The number of carbonyl (C=O) groups is 4. The topological polar surface area (TPSA) is 177 Å². The molecule has 0 bridgehead atoms. The third kappa shape index (κ3) is 10.8. The van der Waals surface area contributed by atoms with Crippen molar-refractivity contribution in [3.05, 3.63) is 49.1 Å². The van der Waals surface area contributed by atoms with Crippen LogP contribution in [0.25, 0.3) is 0 Å². The van der Waals surface area contributed by atoms with Crippen molar-refractivity contribution in [3.63, 3.8) is 0 Å². The molecule has 4 heterocycles. The van der Waals surface area contributed by atoms with Crippen molar-refractivity contribution in [2.75, 3.05) is 37.2 Å². The summed E-state index contributed by atoms with van der Waals surface area (Å²) >= 11 is 0. The number of nitrogens with two attached hydrogens (primary N) is 1. The van der Waals surface area contributed by atoms with Crippen LogP contribution in [-0.4, -0.2) is 86.3 Å². The number of nitrogens with one attached hydrogen (secondary N) is 1. The molecule has 2 unspecified atom stereocenters. The summed E-state index contributed by atoms with van der Waals surface area (Å²) in [5, 5.41) is 11.9. The Balaban J connectivity index is 0.000000189. The largest absolute Gasteiger partial charge is 0.481 e. The fourth-order valence-electron chi connectivity index (χ4n) is 6.48. The summed E-state index contributed by atoms with van der Waals surface area (Å²) in [5.41, 5.74) is 5.81. The van der Waals surface area contributed by atoms with Gasteiger partial charge in [0.15, 0.2) is 0 Å². The number of ether oxygens (including phenoxy) is 2. The zero-order valence-corrected chi connectivity index (χ0v) is 29.6. The van der Waals surface area contributed by atoms with Crippen molar-refractivity contribution in [1.82, 2.24) is 19.8 Å². The lowest BCUT2D eigenvalue weighted by atomic mass is 9.91. The number of piperidine rings is 2. The second-order valence-corrected chi connectivity index (χ2v) is 15.5. The zero-order valence-electron chi connectivity index (χ0n) is 29.6. The number of likely N-dealkylation sites (tertiary alicyclic amines) is 2. The molecule has 13 heteroatoms. The first-order chi connectivity index (χ1) is 22.9. The van der Waals surface area contributed by atoms with Crippen molar-refractivity contribution in [2.24, 2.45) is 22.7 Å². The van der Waals surface area contributed by atoms with E-state index in [0.717, 1.165) is 44.2 Å². The Morgan fingerprint density at radius 1 is 0.776 bits per heavy atom. The van der Waals surface area contributed by atoms with Gasteiger partial charge in [-0.15, -0.1) is 0 Å². The van der Waals surface area contributed by atoms with Gasteiger partial charge in [-0.05, 0) is 115 Å². The number of hydrogen-bond donors (Lipinski definition) is 3. The van der Waals surface area contributed by atoms with Crippen molar-refractivity contribution in [3.8, 4) is 0 Å². The van der Waals surface area contributed by atoms with Crippen LogP contribution in [0.4, 0.5) is 21.0 Å². The first-order valence-electron chi connectivity index (χ1n) is 17.0. The average Bonchev–Trinajstić information content (AvgIpc) is 3.93. The Morgan fingerprint density at radius 2 is 1.22 bits per heavy atom. The molecule has 0 radical (unpaired) electrons. The molecule has 2 saturated carbocycles. The SMILES string of the molecule is CC(C)(C)OC(=O)N1CCC2(CC1)CC2C(=O)Nc1cccnc1.CC(C)(C)OC(=O)N1CCC2(CC1)CC2C(=O)O.Nc1cccnc1. The molecule has 0 aromatic carbocycles. The van der Waals surface area contributed by atoms with E-state index in [0.29, 0.717) is 31.9 Å². The molecule has 49 heavy (non-hydrogen) atoms. The van der Waals surface area contributed by atoms with Crippen LogP contribution in [0.15, 0.2) is 49.1 Å². The van der Waals surface area contributed by atoms with Crippen LogP contribution in [0.5, 0.6) is 0 Å². The van der Waals surface area contributed by atoms with Crippen molar-refractivity contribution in [1.29, 1.82) is 0 Å². The molecule has 4 N–H and O–H groups in total. The molecule has 2 atom stereocenters. The summed E-state index contributed by atoms with van der Waals surface area (Å²) in [7, 11) is 0. The Labute approximate surface area is 288 Å². The number of aliphatic carboxylic acids is 1. The minimum absolute atomic E-state index is 0.0374. The molecule has 4 fully saturated rings. The third-order valence-corrected chi connectivity index (χ3v) is 9.43. The van der Waals surface area contributed by atoms with Gasteiger partial charge in [-0.3, -0.25) is 19.6 Å². The third-order valence-electron chi connectivity index (χ3n) is 9.43. The number of pyridine rings is 2. The van der Waals surface area contributed by atoms with Gasteiger partial charge in [-0.1, -0.05) is 0 Å². The van der Waals surface area contributed by atoms with Gasteiger partial charge in [0.1, 0.15) is 11.2 Å². The van der Waals surface area contributed by atoms with E-state index in [-0.39, 0.29) is 40.8 Å². The summed E-state index contributed by atoms with van der Waals surface area (Å²) in [6.45, 7) is 13.7. The van der Waals surface area contributed by atoms with Crippen LogP contribution in [0.1, 0.15) is 80.1 Å². The lowest BCUT2D eigenvalue weighted by Gasteiger charge is -2.34. The molecule has 2 aromatic heterocycles. The second kappa shape index (κ2) is 15.0. The van der Waals surface area contributed by atoms with Crippen LogP contribution in [0.3, 0.4) is 0 Å². The summed E-state index contributed by atoms with van der Waals surface area (Å²) in [6, 6.07) is 7.24. The van der Waals surface area contributed by atoms with Gasteiger partial charge in [0.2, 0.25) is 5.91 Å². The monoisotopic (exact) mass is 680 g/mol. The maximum atomic E-state index is 12.4. The summed E-state index contributed by atoms with van der Waals surface area (Å²) < 4.78 is 10.7. The number of carbonyl (C=O) groups excluding carboxylic acids is 3. The minimum atomic E-state index is -0.694. The molecule has 4 aliphatic rings. The van der Waals surface area contributed by atoms with Crippen molar-refractivity contribution >= 4 is 35.4 Å². The van der Waals surface area contributed by atoms with Gasteiger partial charge in [-0.25, -0.2) is 9.59 Å². The van der Waals surface area contributed by atoms with Gasteiger partial charge >= 0.3 is 18.2 Å². The van der Waals surface area contributed by atoms with E-state index < -0.39 is 17.2 Å². The number of nitrogens with zero attached hydrogens (tertiary/aromatic N) is 4. The van der Waals surface area contributed by atoms with Crippen LogP contribution < -0.4 is 11.1 Å². The van der Waals surface area contributed by atoms with Crippen LogP contribution in [0.2, 0.25) is 0 Å². The minimum Gasteiger partial charge on any atom is -0.481 e. The lowest BCUT2D eigenvalue weighted by molar-refractivity contribution is -0.139. The van der Waals surface area contributed by atoms with E-state index in [1.54, 1.807) is 52.8 Å². The number of nitrogen functional groups attached to an aromatic ring is 1. The van der Waals surface area contributed by atoms with Gasteiger partial charge in [0, 0.05) is 50.7 Å². The predicted octanol–water partition coefficient (Wildman–Crippen LogP) is 5.83. The number of amides is 3. The van der Waals surface area contributed by atoms with E-state index in [4.69, 9.17) is 20.3 Å². The number of anilines is 2. The lowest BCUT2D eigenvalue weighted by Crippen LogP contribution is -2.42. The average molecular weight is 681 g/mol. The molecule has 268 valence electrons. The van der Waals surface area contributed by atoms with Crippen LogP contribution >= 0.6 is 0 Å². The highest BCUT2D eigenvalue weighted by Gasteiger charge is 2.60. The van der Waals surface area contributed by atoms with E-state index in [1.165, 1.54) is 0 Å². The van der Waals surface area contributed by atoms with Crippen LogP contribution in [-0.2, 0) is 19.1 Å². The maximum Gasteiger partial charge on any atom is 0.410 e. The Bertz CT molecular complexity index is 1440. The molecule has 2 spiro atoms. The zero-order chi connectivity index (χ0) is 36.0. The smallest absolute Gasteiger partial charge is 0.410 e. The Hall–Kier alpha value is -4.42. The molecular formula is C36H52N6O7. The number of rotatable bonds is 3. The molecule has 2 aromatic rings. The standard InChI is InChI=1S/C18H25N3O3.C13H21NO4.C5H6N2/c1-17(2,3)24-16(23)21-9-6-18(7-10-21)11-14(18)15(22)20-13-5-4-8-19-12-13;1-12(2,3)18-11(17)14-6-4-13(5-7-14)8-9(13)10(15)16;6-5-2-1-3-7-4-5/h4-5,8,12,14H,6-7,9-11H2,1-3H3,(H,20,22);9H,4-8H2,1-3H3,(H,15,16);1-4H,6H2. The van der Waals surface area contributed by atoms with E-state index in [9.17, 15) is 19.2 Å². The normalized spacial score (nSPS) is 21.6. The van der Waals surface area contributed by atoms with Gasteiger partial charge in [0.25, 0.3) is 0 Å². The van der Waals surface area contributed by atoms with Gasteiger partial charge in [0.05, 0.1) is 23.5 Å². The summed E-state index contributed by atoms with van der Waals surface area (Å²) in [4.78, 5) is 58.5. The summed E-state index contributed by atoms with van der Waals surface area (Å²) in [6.07, 6.45) is 11.0. The highest BCUT2D eigenvalue weighted by Crippen LogP contribution is 2.60. The number of carboxylic acid groups (broad SMARTS) is 1. The molecular weight excluding hydrogens is 628 g/mol. The first kappa shape index (κ1) is 37.4. The molecule has 13 nitrogen and oxygen atoms in total. The molecule has 3 amide bonds. The molecule has 2 saturated heterocycles. The van der Waals surface area contributed by atoms with Gasteiger partial charge < -0.3 is 35.4 Å². The highest BCUT2D eigenvalue weighted by atomic mass is 16.6. The summed E-state index contributed by atoms with van der Waals surface area (Å²) in [5.74, 6) is -0.786. The van der Waals surface area contributed by atoms with Crippen LogP contribution in [0, 0.1) is 22.7 Å². The number of hydrogen-bond acceptors (Lipinski definition) is 9. The maximum absolute atomic E-state index is 12.4. The second-order valence-electron chi connectivity index (χ2n) is 15.5. The van der Waals surface area contributed by atoms with Crippen molar-refractivity contribution < 1.29 is 33.8 Å². The fraction of sp³-hybridized carbons (Fsp3) is 0.611. The quantitative estimate of drug-likeness (QED) is 0.357. The Kier molecular flexibility index (Phi) is 11.4. The van der Waals surface area contributed by atoms with Crippen molar-refractivity contribution in [2.45, 2.75) is 91.3 Å². The predicted molar refractivity (Wildman–Crippen MR) is 184 cm³/mol. The molecule has 2 aliphatic carbocycles. The molecule has 6 rings (SSSR count). The van der Waals surface area contributed by atoms with E-state index in [1.807, 2.05) is 47.6 Å². The number of aromatic nitrogens is 2. The highest BCUT2D eigenvalue weighted by molar-refractivity contribution is 5.95. The Morgan fingerprint density at radius 3 is 1.57 bits per heavy atom. The molecule has 2 aliphatic heterocycles. The van der Waals surface area contributed by atoms with E-state index >= 15 is 0 Å². The van der Waals surface area contributed by atoms with Gasteiger partial charge in [-0.2, -0.15) is 0 Å². The van der Waals surface area contributed by atoms with E-state index in [2.05, 4.69) is 15.3 Å². The first-order valence-corrected chi connectivity index (χ1v) is 17.0. The number of carboxylic acids is 1. The fourth-order valence-corrected chi connectivity index (χ4v) is 6.48.